The number of aliphatic hydroxyl groups is 1. The van der Waals surface area contributed by atoms with Crippen molar-refractivity contribution in [3.63, 3.8) is 0 Å². The van der Waals surface area contributed by atoms with Gasteiger partial charge in [0.1, 0.15) is 12.0 Å². The Morgan fingerprint density at radius 2 is 1.97 bits per heavy atom. The zero-order chi connectivity index (χ0) is 25.5. The highest BCUT2D eigenvalue weighted by Crippen LogP contribution is 2.63. The summed E-state index contributed by atoms with van der Waals surface area (Å²) in [5.74, 6) is 4.19. The number of aliphatic imine (C=N–C) groups is 1. The van der Waals surface area contributed by atoms with Crippen molar-refractivity contribution in [2.75, 3.05) is 6.61 Å². The average Bonchev–Trinajstić information content (AvgIpc) is 2.87. The molecule has 5 heteroatoms. The highest BCUT2D eigenvalue weighted by molar-refractivity contribution is 5.83. The van der Waals surface area contributed by atoms with Crippen molar-refractivity contribution in [2.45, 2.75) is 90.6 Å². The highest BCUT2D eigenvalue weighted by Gasteiger charge is 2.57. The van der Waals surface area contributed by atoms with Crippen LogP contribution < -0.4 is 10.6 Å². The third-order valence-electron chi connectivity index (χ3n) is 10.7. The number of hydrogen-bond acceptors (Lipinski definition) is 5. The first kappa shape index (κ1) is 25.6. The second-order valence-corrected chi connectivity index (χ2v) is 12.7. The molecule has 0 aromatic carbocycles. The van der Waals surface area contributed by atoms with Crippen LogP contribution >= 0.6 is 0 Å². The van der Waals surface area contributed by atoms with Gasteiger partial charge >= 0.3 is 0 Å². The highest BCUT2D eigenvalue weighted by atomic mass is 16.5. The number of carbonyl (C=O) groups excluding carboxylic acids is 1. The fourth-order valence-electron chi connectivity index (χ4n) is 9.06. The summed E-state index contributed by atoms with van der Waals surface area (Å²) in [7, 11) is 0. The quantitative estimate of drug-likeness (QED) is 0.608. The molecule has 4 fully saturated rings. The zero-order valence-electron chi connectivity index (χ0n) is 22.4. The number of hydrogen-bond donors (Lipinski definition) is 1. The Labute approximate surface area is 216 Å². The first-order valence-electron chi connectivity index (χ1n) is 14.2. The summed E-state index contributed by atoms with van der Waals surface area (Å²) in [6.45, 7) is 10.1. The van der Waals surface area contributed by atoms with Gasteiger partial charge in [0.15, 0.2) is 5.78 Å². The molecule has 0 saturated heterocycles. The molecule has 0 amide bonds. The molecule has 8 atom stereocenters. The van der Waals surface area contributed by atoms with Gasteiger partial charge in [0.2, 0.25) is 5.88 Å². The topological polar surface area (TPSA) is 71.8 Å². The summed E-state index contributed by atoms with van der Waals surface area (Å²) in [6.07, 6.45) is 15.0. The van der Waals surface area contributed by atoms with E-state index in [0.29, 0.717) is 23.1 Å². The average molecular weight is 493 g/mol. The fraction of sp³-hybridized carbons (Fsp3) is 0.710. The van der Waals surface area contributed by atoms with Crippen LogP contribution in [0.5, 0.6) is 0 Å². The molecule has 4 saturated carbocycles. The van der Waals surface area contributed by atoms with E-state index in [1.807, 2.05) is 32.1 Å². The molecule has 1 heterocycles. The lowest BCUT2D eigenvalue weighted by molar-refractivity contribution is -0.150. The van der Waals surface area contributed by atoms with Crippen molar-refractivity contribution in [3.8, 4) is 0 Å². The van der Waals surface area contributed by atoms with Crippen LogP contribution in [0.4, 0.5) is 0 Å². The monoisotopic (exact) mass is 492 g/mol. The van der Waals surface area contributed by atoms with Gasteiger partial charge in [-0.05, 0) is 119 Å². The van der Waals surface area contributed by atoms with Gasteiger partial charge < -0.3 is 9.84 Å². The summed E-state index contributed by atoms with van der Waals surface area (Å²) in [6, 6.07) is 3.85. The Balaban J connectivity index is 1.32. The van der Waals surface area contributed by atoms with Crippen LogP contribution in [0.15, 0.2) is 23.3 Å². The Hall–Kier alpha value is -2.01. The van der Waals surface area contributed by atoms with E-state index in [4.69, 9.17) is 4.74 Å². The number of carbonyl (C=O) groups is 1. The van der Waals surface area contributed by atoms with Crippen LogP contribution in [-0.4, -0.2) is 34.8 Å². The molecule has 196 valence electrons. The van der Waals surface area contributed by atoms with Crippen molar-refractivity contribution < 1.29 is 14.6 Å². The molecule has 0 bridgehead atoms. The van der Waals surface area contributed by atoms with Gasteiger partial charge in [-0.15, -0.1) is 0 Å². The third-order valence-corrected chi connectivity index (χ3v) is 10.7. The number of ketones is 1. The number of ether oxygens (including phenoxy) is 1. The molecule has 0 unspecified atom stereocenters. The van der Waals surface area contributed by atoms with Crippen molar-refractivity contribution in [1.29, 1.82) is 0 Å². The Kier molecular flexibility index (Phi) is 7.15. The Bertz CT molecular complexity index is 1110. The predicted octanol–water partition coefficient (Wildman–Crippen LogP) is 4.64. The minimum atomic E-state index is -0.471. The molecule has 0 spiro atoms. The number of rotatable bonds is 5. The van der Waals surface area contributed by atoms with Crippen molar-refractivity contribution in [2.24, 2.45) is 45.9 Å². The maximum absolute atomic E-state index is 13.7. The SMILES string of the molecule is C=N/C(OCC(=O)[C@H]1CCC[C@H]2[C@@H]3CC[C@@H]4C[C@](C)(O)CC[C@@H]4[C@H]3CC[C@]12C)=c1/nccc/c1=C/C. The molecular weight excluding hydrogens is 448 g/mol. The van der Waals surface area contributed by atoms with E-state index in [-0.39, 0.29) is 23.7 Å². The van der Waals surface area contributed by atoms with E-state index in [0.717, 1.165) is 55.1 Å². The molecule has 0 radical (unpaired) electrons. The molecule has 36 heavy (non-hydrogen) atoms. The Morgan fingerprint density at radius 3 is 2.75 bits per heavy atom. The van der Waals surface area contributed by atoms with Gasteiger partial charge in [-0.3, -0.25) is 9.78 Å². The smallest absolute Gasteiger partial charge is 0.240 e. The van der Waals surface area contributed by atoms with Gasteiger partial charge in [0.25, 0.3) is 0 Å². The minimum absolute atomic E-state index is 0.0366. The van der Waals surface area contributed by atoms with Crippen LogP contribution in [0, 0.1) is 40.9 Å². The fourth-order valence-corrected chi connectivity index (χ4v) is 9.06. The lowest BCUT2D eigenvalue weighted by Crippen LogP contribution is -2.55. The summed E-state index contributed by atoms with van der Waals surface area (Å²) in [5.41, 5.74) is -0.414. The van der Waals surface area contributed by atoms with Gasteiger partial charge in [-0.25, -0.2) is 4.99 Å². The van der Waals surface area contributed by atoms with E-state index >= 15 is 0 Å². The summed E-state index contributed by atoms with van der Waals surface area (Å²) >= 11 is 0. The van der Waals surface area contributed by atoms with E-state index in [1.165, 1.54) is 32.1 Å². The van der Waals surface area contributed by atoms with Crippen LogP contribution in [0.2, 0.25) is 0 Å². The van der Waals surface area contributed by atoms with Crippen LogP contribution in [-0.2, 0) is 9.53 Å². The molecule has 1 N–H and O–H groups in total. The molecule has 1 aromatic heterocycles. The maximum Gasteiger partial charge on any atom is 0.240 e. The van der Waals surface area contributed by atoms with Gasteiger partial charge in [-0.1, -0.05) is 25.5 Å². The standard InChI is InChI=1S/C31H44N2O3/c1-5-20-8-7-17-33-28(20)29(32-4)36-19-27(34)26-10-6-9-25-24-12-11-21-18-30(2,35)15-13-22(21)23(24)14-16-31(25,26)3/h5,7-8,17,21-26,35H,4,6,9-16,18-19H2,1-3H3/b20-5-,29-28-/t21-,22+,23-,24-,25+,26-,30-,31+/m1/s1. The van der Waals surface area contributed by atoms with E-state index < -0.39 is 5.60 Å². The molecule has 4 aliphatic rings. The second kappa shape index (κ2) is 10.0. The number of Topliss-reactive ketones (excluding diaryl/α,β-unsaturated/α-hetero) is 1. The van der Waals surface area contributed by atoms with Crippen LogP contribution in [0.1, 0.15) is 85.0 Å². The normalized spacial score (nSPS) is 41.4. The van der Waals surface area contributed by atoms with Crippen molar-refractivity contribution >= 4 is 24.5 Å². The lowest BCUT2D eigenvalue weighted by Gasteiger charge is -2.60. The first-order chi connectivity index (χ1) is 17.3. The summed E-state index contributed by atoms with van der Waals surface area (Å²) in [5, 5.41) is 12.2. The second-order valence-electron chi connectivity index (χ2n) is 12.7. The van der Waals surface area contributed by atoms with Gasteiger partial charge in [0.05, 0.1) is 5.60 Å². The summed E-state index contributed by atoms with van der Waals surface area (Å²) < 4.78 is 5.99. The molecule has 5 rings (SSSR count). The number of aromatic nitrogens is 1. The predicted molar refractivity (Wildman–Crippen MR) is 143 cm³/mol. The minimum Gasteiger partial charge on any atom is -0.468 e. The molecule has 1 aromatic rings. The van der Waals surface area contributed by atoms with Crippen LogP contribution in [0.3, 0.4) is 0 Å². The maximum atomic E-state index is 13.7. The van der Waals surface area contributed by atoms with E-state index in [1.54, 1.807) is 6.20 Å². The zero-order valence-corrected chi connectivity index (χ0v) is 22.4. The molecule has 0 aliphatic heterocycles. The third kappa shape index (κ3) is 4.57. The largest absolute Gasteiger partial charge is 0.468 e. The van der Waals surface area contributed by atoms with Crippen molar-refractivity contribution in [3.05, 3.63) is 28.9 Å². The number of pyridine rings is 1. The van der Waals surface area contributed by atoms with Crippen LogP contribution in [0.25, 0.3) is 12.0 Å². The van der Waals surface area contributed by atoms with Crippen molar-refractivity contribution in [1.82, 2.24) is 4.98 Å². The molecular formula is C31H44N2O3. The number of fused-ring (bicyclic) bond motifs is 5. The van der Waals surface area contributed by atoms with E-state index in [9.17, 15) is 9.90 Å². The number of nitrogens with zero attached hydrogens (tertiary/aromatic N) is 2. The molecule has 4 aliphatic carbocycles. The van der Waals surface area contributed by atoms with Gasteiger partial charge in [-0.2, -0.15) is 0 Å². The lowest BCUT2D eigenvalue weighted by atomic mass is 9.44. The summed E-state index contributed by atoms with van der Waals surface area (Å²) in [4.78, 5) is 22.2. The molecule has 5 nitrogen and oxygen atoms in total. The first-order valence-corrected chi connectivity index (χ1v) is 14.2. The Morgan fingerprint density at radius 1 is 1.17 bits per heavy atom. The van der Waals surface area contributed by atoms with Gasteiger partial charge in [0, 0.05) is 17.3 Å². The van der Waals surface area contributed by atoms with E-state index in [2.05, 4.69) is 23.6 Å².